The van der Waals surface area contributed by atoms with Gasteiger partial charge in [-0.15, -0.1) is 0 Å². The minimum absolute atomic E-state index is 0.328. The molecule has 0 unspecified atom stereocenters. The van der Waals surface area contributed by atoms with E-state index in [1.807, 2.05) is 33.0 Å². The number of hydrogen-bond donors (Lipinski definition) is 1. The van der Waals surface area contributed by atoms with E-state index >= 15 is 0 Å². The molecule has 2 aromatic rings. The Morgan fingerprint density at radius 3 is 2.50 bits per heavy atom. The molecule has 24 heavy (non-hydrogen) atoms. The van der Waals surface area contributed by atoms with Crippen molar-refractivity contribution in [2.24, 2.45) is 7.05 Å². The lowest BCUT2D eigenvalue weighted by Crippen LogP contribution is -2.31. The Balaban J connectivity index is 2.27. The number of sulfonamides is 1. The number of nitrogens with one attached hydrogen (secondary N) is 1. The number of aryl methyl sites for hydroxylation is 1. The molecule has 0 bridgehead atoms. The molecule has 0 aliphatic rings. The Morgan fingerprint density at radius 2 is 1.96 bits per heavy atom. The van der Waals surface area contributed by atoms with Crippen LogP contribution in [0.25, 0.3) is 0 Å². The van der Waals surface area contributed by atoms with Crippen LogP contribution >= 0.6 is 11.6 Å². The van der Waals surface area contributed by atoms with Crippen molar-refractivity contribution < 1.29 is 8.42 Å². The topological polar surface area (TPSA) is 67.2 Å². The van der Waals surface area contributed by atoms with E-state index in [0.717, 1.165) is 17.1 Å². The molecule has 0 fully saturated rings. The van der Waals surface area contributed by atoms with Crippen LogP contribution in [0.2, 0.25) is 5.15 Å². The molecule has 0 spiro atoms. The van der Waals surface area contributed by atoms with Crippen molar-refractivity contribution in [1.29, 1.82) is 0 Å². The van der Waals surface area contributed by atoms with E-state index in [2.05, 4.69) is 10.3 Å². The number of hydrogen-bond acceptors (Lipinski definition) is 4. The Kier molecular flexibility index (Phi) is 5.90. The Hall–Kier alpha value is -1.57. The maximum Gasteiger partial charge on any atom is 0.243 e. The first-order valence-electron chi connectivity index (χ1n) is 7.82. The summed E-state index contributed by atoms with van der Waals surface area (Å²) >= 11 is 5.97. The van der Waals surface area contributed by atoms with E-state index in [0.29, 0.717) is 29.7 Å². The van der Waals surface area contributed by atoms with E-state index in [4.69, 9.17) is 11.6 Å². The average molecular weight is 371 g/mol. The first kappa shape index (κ1) is 18.8. The first-order valence-corrected chi connectivity index (χ1v) is 9.63. The van der Waals surface area contributed by atoms with Gasteiger partial charge in [-0.3, -0.25) is 0 Å². The van der Waals surface area contributed by atoms with Crippen LogP contribution in [-0.4, -0.2) is 35.4 Å². The quantitative estimate of drug-likeness (QED) is 0.813. The third-order valence-corrected chi connectivity index (χ3v) is 6.53. The van der Waals surface area contributed by atoms with Gasteiger partial charge >= 0.3 is 0 Å². The van der Waals surface area contributed by atoms with Gasteiger partial charge in [0.05, 0.1) is 17.6 Å². The summed E-state index contributed by atoms with van der Waals surface area (Å²) in [6, 6.07) is 5.35. The van der Waals surface area contributed by atoms with Crippen LogP contribution in [0.3, 0.4) is 0 Å². The van der Waals surface area contributed by atoms with Gasteiger partial charge in [0.1, 0.15) is 11.0 Å². The van der Waals surface area contributed by atoms with Crippen LogP contribution < -0.4 is 5.32 Å². The van der Waals surface area contributed by atoms with Crippen LogP contribution in [0.1, 0.15) is 25.2 Å². The van der Waals surface area contributed by atoms with E-state index in [-0.39, 0.29) is 0 Å². The highest BCUT2D eigenvalue weighted by Crippen LogP contribution is 2.24. The maximum atomic E-state index is 12.8. The second-order valence-electron chi connectivity index (χ2n) is 5.48. The largest absolute Gasteiger partial charge is 0.378 e. The molecule has 0 atom stereocenters. The van der Waals surface area contributed by atoms with E-state index in [1.165, 1.54) is 4.31 Å². The molecule has 1 aromatic carbocycles. The second-order valence-corrected chi connectivity index (χ2v) is 7.77. The molecule has 0 aliphatic heterocycles. The molecule has 8 heteroatoms. The fourth-order valence-electron chi connectivity index (χ4n) is 2.46. The Labute approximate surface area is 148 Å². The van der Waals surface area contributed by atoms with Crippen LogP contribution in [-0.2, 0) is 23.6 Å². The molecule has 1 heterocycles. The SMILES string of the molecule is CCN(CC)S(=O)(=O)c1cc(NCc2ncc(Cl)n2C)ccc1C. The molecule has 6 nitrogen and oxygen atoms in total. The van der Waals surface area contributed by atoms with Gasteiger partial charge in [-0.2, -0.15) is 4.31 Å². The summed E-state index contributed by atoms with van der Waals surface area (Å²) in [5, 5.41) is 3.76. The molecule has 1 aromatic heterocycles. The van der Waals surface area contributed by atoms with Crippen LogP contribution in [0.15, 0.2) is 29.3 Å². The standard InChI is InChI=1S/C16H23ClN4O2S/c1-5-21(6-2)24(22,23)14-9-13(8-7-12(14)3)18-11-16-19-10-15(17)20(16)4/h7-10,18H,5-6,11H2,1-4H3. The number of aromatic nitrogens is 2. The number of nitrogens with zero attached hydrogens (tertiary/aromatic N) is 3. The number of anilines is 1. The molecule has 2 rings (SSSR count). The molecule has 132 valence electrons. The maximum absolute atomic E-state index is 12.8. The van der Waals surface area contributed by atoms with Crippen molar-refractivity contribution in [1.82, 2.24) is 13.9 Å². The average Bonchev–Trinajstić information content (AvgIpc) is 2.86. The van der Waals surface area contributed by atoms with Crippen molar-refractivity contribution in [3.8, 4) is 0 Å². The minimum atomic E-state index is -3.49. The van der Waals surface area contributed by atoms with Crippen molar-refractivity contribution in [2.75, 3.05) is 18.4 Å². The molecule has 0 saturated heterocycles. The fourth-order valence-corrected chi connectivity index (χ4v) is 4.32. The van der Waals surface area contributed by atoms with Crippen molar-refractivity contribution in [3.05, 3.63) is 40.9 Å². The minimum Gasteiger partial charge on any atom is -0.378 e. The zero-order valence-electron chi connectivity index (χ0n) is 14.4. The van der Waals surface area contributed by atoms with Gasteiger partial charge in [0.2, 0.25) is 10.0 Å². The first-order chi connectivity index (χ1) is 11.3. The van der Waals surface area contributed by atoms with Crippen molar-refractivity contribution in [3.63, 3.8) is 0 Å². The molecule has 0 radical (unpaired) electrons. The number of benzene rings is 1. The summed E-state index contributed by atoms with van der Waals surface area (Å²) in [7, 11) is -1.66. The monoisotopic (exact) mass is 370 g/mol. The van der Waals surface area contributed by atoms with Gasteiger partial charge in [-0.05, 0) is 24.6 Å². The van der Waals surface area contributed by atoms with Crippen LogP contribution in [0.4, 0.5) is 5.69 Å². The summed E-state index contributed by atoms with van der Waals surface area (Å²) < 4.78 is 28.8. The van der Waals surface area contributed by atoms with Crippen molar-refractivity contribution >= 4 is 27.3 Å². The second kappa shape index (κ2) is 7.55. The number of halogens is 1. The summed E-state index contributed by atoms with van der Waals surface area (Å²) in [5.41, 5.74) is 1.46. The van der Waals surface area contributed by atoms with Gasteiger partial charge in [-0.1, -0.05) is 31.5 Å². The summed E-state index contributed by atoms with van der Waals surface area (Å²) in [4.78, 5) is 4.54. The lowest BCUT2D eigenvalue weighted by atomic mass is 10.2. The van der Waals surface area contributed by atoms with Crippen LogP contribution in [0, 0.1) is 6.92 Å². The smallest absolute Gasteiger partial charge is 0.243 e. The van der Waals surface area contributed by atoms with E-state index < -0.39 is 10.0 Å². The highest BCUT2D eigenvalue weighted by molar-refractivity contribution is 7.89. The molecular weight excluding hydrogens is 348 g/mol. The van der Waals surface area contributed by atoms with Gasteiger partial charge in [0.15, 0.2) is 0 Å². The normalized spacial score (nSPS) is 11.9. The highest BCUT2D eigenvalue weighted by atomic mass is 35.5. The predicted octanol–water partition coefficient (Wildman–Crippen LogP) is 3.02. The third kappa shape index (κ3) is 3.74. The summed E-state index contributed by atoms with van der Waals surface area (Å²) in [5.74, 6) is 0.772. The lowest BCUT2D eigenvalue weighted by Gasteiger charge is -2.20. The van der Waals surface area contributed by atoms with Gasteiger partial charge in [0.25, 0.3) is 0 Å². The third-order valence-electron chi connectivity index (χ3n) is 3.99. The van der Waals surface area contributed by atoms with Crippen molar-refractivity contribution in [2.45, 2.75) is 32.2 Å². The molecule has 0 aliphatic carbocycles. The lowest BCUT2D eigenvalue weighted by molar-refractivity contribution is 0.445. The number of imidazole rings is 1. The Morgan fingerprint density at radius 1 is 1.29 bits per heavy atom. The zero-order chi connectivity index (χ0) is 17.9. The summed E-state index contributed by atoms with van der Waals surface area (Å²) in [6.45, 7) is 6.83. The Bertz CT molecular complexity index is 813. The zero-order valence-corrected chi connectivity index (χ0v) is 15.9. The highest BCUT2D eigenvalue weighted by Gasteiger charge is 2.23. The van der Waals surface area contributed by atoms with Gasteiger partial charge in [-0.25, -0.2) is 13.4 Å². The fraction of sp³-hybridized carbons (Fsp3) is 0.438. The molecule has 1 N–H and O–H groups in total. The van der Waals surface area contributed by atoms with E-state index in [9.17, 15) is 8.42 Å². The number of rotatable bonds is 7. The van der Waals surface area contributed by atoms with Crippen LogP contribution in [0.5, 0.6) is 0 Å². The molecular formula is C16H23ClN4O2S. The van der Waals surface area contributed by atoms with Gasteiger partial charge < -0.3 is 9.88 Å². The summed E-state index contributed by atoms with van der Waals surface area (Å²) in [6.07, 6.45) is 1.59. The van der Waals surface area contributed by atoms with E-state index in [1.54, 1.807) is 23.8 Å². The molecule has 0 amide bonds. The predicted molar refractivity (Wildman–Crippen MR) is 96.8 cm³/mol. The van der Waals surface area contributed by atoms with Gasteiger partial charge in [0, 0.05) is 25.8 Å². The molecule has 0 saturated carbocycles.